The molecule has 0 radical (unpaired) electrons. The number of benzene rings is 1. The molecule has 1 N–H and O–H groups in total. The molecule has 2 heteroatoms. The molecule has 1 aromatic carbocycles. The van der Waals surface area contributed by atoms with Gasteiger partial charge in [0.1, 0.15) is 5.82 Å². The molecule has 0 amide bonds. The summed E-state index contributed by atoms with van der Waals surface area (Å²) in [7, 11) is 0. The van der Waals surface area contributed by atoms with Gasteiger partial charge in [-0.25, -0.2) is 4.39 Å². The molecule has 0 aliphatic carbocycles. The van der Waals surface area contributed by atoms with E-state index in [-0.39, 0.29) is 11.9 Å². The van der Waals surface area contributed by atoms with Gasteiger partial charge in [0.15, 0.2) is 0 Å². The molecule has 2 unspecified atom stereocenters. The third kappa shape index (κ3) is 4.12. The molecular formula is C15H24FN. The molecule has 0 aliphatic rings. The Morgan fingerprint density at radius 1 is 1.18 bits per heavy atom. The van der Waals surface area contributed by atoms with Crippen LogP contribution in [0.4, 0.5) is 4.39 Å². The topological polar surface area (TPSA) is 12.0 Å². The lowest BCUT2D eigenvalue weighted by Gasteiger charge is -2.25. The van der Waals surface area contributed by atoms with Crippen LogP contribution in [-0.4, -0.2) is 6.54 Å². The largest absolute Gasteiger partial charge is 0.310 e. The van der Waals surface area contributed by atoms with Crippen LogP contribution in [0.2, 0.25) is 0 Å². The molecule has 1 nitrogen and oxygen atoms in total. The van der Waals surface area contributed by atoms with E-state index in [0.717, 1.165) is 31.4 Å². The molecular weight excluding hydrogens is 213 g/mol. The number of rotatable bonds is 7. The zero-order valence-corrected chi connectivity index (χ0v) is 11.2. The van der Waals surface area contributed by atoms with Crippen molar-refractivity contribution in [1.82, 2.24) is 5.32 Å². The molecule has 0 aromatic heterocycles. The Morgan fingerprint density at radius 3 is 2.47 bits per heavy atom. The Balaban J connectivity index is 2.85. The van der Waals surface area contributed by atoms with Crippen LogP contribution in [0.15, 0.2) is 24.3 Å². The summed E-state index contributed by atoms with van der Waals surface area (Å²) in [6, 6.07) is 7.25. The first kappa shape index (κ1) is 14.2. The van der Waals surface area contributed by atoms with Crippen LogP contribution in [0.25, 0.3) is 0 Å². The van der Waals surface area contributed by atoms with Crippen LogP contribution >= 0.6 is 0 Å². The summed E-state index contributed by atoms with van der Waals surface area (Å²) >= 11 is 0. The fourth-order valence-electron chi connectivity index (χ4n) is 2.27. The first-order valence-electron chi connectivity index (χ1n) is 6.68. The van der Waals surface area contributed by atoms with E-state index in [1.807, 2.05) is 12.1 Å². The smallest absolute Gasteiger partial charge is 0.127 e. The maximum Gasteiger partial charge on any atom is 0.127 e. The van der Waals surface area contributed by atoms with Gasteiger partial charge >= 0.3 is 0 Å². The maximum atomic E-state index is 13.8. The lowest BCUT2D eigenvalue weighted by atomic mass is 9.90. The van der Waals surface area contributed by atoms with Crippen molar-refractivity contribution in [1.29, 1.82) is 0 Å². The van der Waals surface area contributed by atoms with Crippen LogP contribution in [0.3, 0.4) is 0 Å². The lowest BCUT2D eigenvalue weighted by molar-refractivity contribution is 0.353. The van der Waals surface area contributed by atoms with Gasteiger partial charge in [-0.1, -0.05) is 45.4 Å². The van der Waals surface area contributed by atoms with Gasteiger partial charge in [-0.2, -0.15) is 0 Å². The quantitative estimate of drug-likeness (QED) is 0.745. The fourth-order valence-corrected chi connectivity index (χ4v) is 2.27. The minimum atomic E-state index is -0.0935. The van der Waals surface area contributed by atoms with Crippen LogP contribution in [-0.2, 0) is 0 Å². The summed E-state index contributed by atoms with van der Waals surface area (Å²) < 4.78 is 13.8. The first-order valence-corrected chi connectivity index (χ1v) is 6.68. The van der Waals surface area contributed by atoms with Gasteiger partial charge in [0.2, 0.25) is 0 Å². The van der Waals surface area contributed by atoms with Gasteiger partial charge in [-0.05, 0) is 31.4 Å². The highest BCUT2D eigenvalue weighted by Gasteiger charge is 2.20. The predicted molar refractivity (Wildman–Crippen MR) is 71.5 cm³/mol. The van der Waals surface area contributed by atoms with Gasteiger partial charge in [0, 0.05) is 11.6 Å². The van der Waals surface area contributed by atoms with Crippen molar-refractivity contribution in [3.63, 3.8) is 0 Å². The van der Waals surface area contributed by atoms with E-state index in [9.17, 15) is 4.39 Å². The Hall–Kier alpha value is -0.890. The van der Waals surface area contributed by atoms with E-state index < -0.39 is 0 Å². The molecule has 2 atom stereocenters. The molecule has 0 saturated carbocycles. The number of halogens is 1. The fraction of sp³-hybridized carbons (Fsp3) is 0.600. The van der Waals surface area contributed by atoms with Gasteiger partial charge in [-0.15, -0.1) is 0 Å². The third-order valence-corrected chi connectivity index (χ3v) is 3.17. The number of nitrogens with one attached hydrogen (secondary N) is 1. The van der Waals surface area contributed by atoms with Crippen LogP contribution in [0, 0.1) is 11.7 Å². The average Bonchev–Trinajstić information content (AvgIpc) is 2.32. The van der Waals surface area contributed by atoms with E-state index in [1.54, 1.807) is 12.1 Å². The standard InChI is InChI=1S/C15H24FN/c1-4-8-12(3)15(17-11-5-2)13-9-6-7-10-14(13)16/h6-7,9-10,12,15,17H,4-5,8,11H2,1-3H3. The lowest BCUT2D eigenvalue weighted by Crippen LogP contribution is -2.28. The van der Waals surface area contributed by atoms with Crippen molar-refractivity contribution >= 4 is 0 Å². The van der Waals surface area contributed by atoms with Crippen molar-refractivity contribution in [2.75, 3.05) is 6.54 Å². The van der Waals surface area contributed by atoms with Crippen LogP contribution < -0.4 is 5.32 Å². The second-order valence-corrected chi connectivity index (χ2v) is 4.72. The predicted octanol–water partition coefficient (Wildman–Crippen LogP) is 4.30. The van der Waals surface area contributed by atoms with E-state index in [2.05, 4.69) is 26.1 Å². The highest BCUT2D eigenvalue weighted by molar-refractivity contribution is 5.21. The molecule has 1 aromatic rings. The van der Waals surface area contributed by atoms with Crippen molar-refractivity contribution in [2.45, 2.75) is 46.1 Å². The van der Waals surface area contributed by atoms with Gasteiger partial charge < -0.3 is 5.32 Å². The van der Waals surface area contributed by atoms with Crippen LogP contribution in [0.1, 0.15) is 51.6 Å². The first-order chi connectivity index (χ1) is 8.20. The van der Waals surface area contributed by atoms with Crippen molar-refractivity contribution in [3.8, 4) is 0 Å². The van der Waals surface area contributed by atoms with Crippen LogP contribution in [0.5, 0.6) is 0 Å². The number of hydrogen-bond acceptors (Lipinski definition) is 1. The molecule has 96 valence electrons. The molecule has 0 bridgehead atoms. The summed E-state index contributed by atoms with van der Waals surface area (Å²) in [5, 5.41) is 3.47. The second kappa shape index (κ2) is 7.44. The highest BCUT2D eigenvalue weighted by atomic mass is 19.1. The minimum Gasteiger partial charge on any atom is -0.310 e. The van der Waals surface area contributed by atoms with Gasteiger partial charge in [0.25, 0.3) is 0 Å². The van der Waals surface area contributed by atoms with E-state index in [4.69, 9.17) is 0 Å². The summed E-state index contributed by atoms with van der Waals surface area (Å²) in [6.07, 6.45) is 3.33. The average molecular weight is 237 g/mol. The SMILES string of the molecule is CCCNC(c1ccccc1F)C(C)CCC. The molecule has 0 saturated heterocycles. The zero-order chi connectivity index (χ0) is 12.7. The summed E-state index contributed by atoms with van der Waals surface area (Å²) in [4.78, 5) is 0. The molecule has 0 spiro atoms. The second-order valence-electron chi connectivity index (χ2n) is 4.72. The maximum absolute atomic E-state index is 13.8. The van der Waals surface area contributed by atoms with Crippen molar-refractivity contribution in [2.24, 2.45) is 5.92 Å². The normalized spacial score (nSPS) is 14.6. The van der Waals surface area contributed by atoms with E-state index in [1.165, 1.54) is 0 Å². The highest BCUT2D eigenvalue weighted by Crippen LogP contribution is 2.27. The molecule has 0 aliphatic heterocycles. The zero-order valence-electron chi connectivity index (χ0n) is 11.2. The molecule has 0 fully saturated rings. The van der Waals surface area contributed by atoms with Crippen molar-refractivity contribution < 1.29 is 4.39 Å². The molecule has 1 rings (SSSR count). The van der Waals surface area contributed by atoms with Gasteiger partial charge in [0.05, 0.1) is 0 Å². The monoisotopic (exact) mass is 237 g/mol. The Bertz CT molecular complexity index is 324. The minimum absolute atomic E-state index is 0.0935. The summed E-state index contributed by atoms with van der Waals surface area (Å²) in [5.41, 5.74) is 0.807. The Morgan fingerprint density at radius 2 is 1.88 bits per heavy atom. The van der Waals surface area contributed by atoms with Gasteiger partial charge in [-0.3, -0.25) is 0 Å². The molecule has 0 heterocycles. The summed E-state index contributed by atoms with van der Waals surface area (Å²) in [5.74, 6) is 0.368. The van der Waals surface area contributed by atoms with Crippen molar-refractivity contribution in [3.05, 3.63) is 35.6 Å². The summed E-state index contributed by atoms with van der Waals surface area (Å²) in [6.45, 7) is 7.45. The van der Waals surface area contributed by atoms with E-state index >= 15 is 0 Å². The Kier molecular flexibility index (Phi) is 6.20. The molecule has 17 heavy (non-hydrogen) atoms. The number of hydrogen-bond donors (Lipinski definition) is 1. The Labute approximate surface area is 104 Å². The third-order valence-electron chi connectivity index (χ3n) is 3.17. The van der Waals surface area contributed by atoms with E-state index in [0.29, 0.717) is 5.92 Å².